The van der Waals surface area contributed by atoms with Crippen LogP contribution in [0.15, 0.2) is 60.7 Å². The number of ether oxygens (including phenoxy) is 1. The number of carbonyl (C=O) groups excluding carboxylic acids is 2. The zero-order valence-corrected chi connectivity index (χ0v) is 19.2. The van der Waals surface area contributed by atoms with Crippen LogP contribution < -0.4 is 10.4 Å². The Morgan fingerprint density at radius 2 is 1.57 bits per heavy atom. The van der Waals surface area contributed by atoms with Crippen molar-refractivity contribution < 1.29 is 18.8 Å². The molecule has 0 radical (unpaired) electrons. The van der Waals surface area contributed by atoms with E-state index >= 15 is 0 Å². The van der Waals surface area contributed by atoms with Crippen LogP contribution in [0.25, 0.3) is 0 Å². The Hall–Kier alpha value is -2.24. The standard InChI is InChI=1S/C25H30O4Si/c1-5-28-23(27)25-17-20(25)21(16-22(25)26)29-30(24(2,3)4,18-12-8-6-9-13-18)19-14-10-7-11-15-19/h6-15,20-21H,5,16-17H2,1-4H3/t20-,21-,25+/m1/s1. The molecular formula is C25H30O4Si. The predicted octanol–water partition coefficient (Wildman–Crippen LogP) is 3.47. The van der Waals surface area contributed by atoms with Gasteiger partial charge < -0.3 is 9.16 Å². The maximum Gasteiger partial charge on any atom is 0.320 e. The van der Waals surface area contributed by atoms with Crippen LogP contribution in [0.4, 0.5) is 0 Å². The van der Waals surface area contributed by atoms with Crippen LogP contribution >= 0.6 is 0 Å². The smallest absolute Gasteiger partial charge is 0.320 e. The molecule has 2 aliphatic rings. The first-order chi connectivity index (χ1) is 14.3. The van der Waals surface area contributed by atoms with Crippen molar-refractivity contribution in [1.82, 2.24) is 0 Å². The third-order valence-electron chi connectivity index (χ3n) is 6.73. The third kappa shape index (κ3) is 3.07. The number of fused-ring (bicyclic) bond motifs is 1. The number of Topliss-reactive ketones (excluding diaryl/α,β-unsaturated/α-hetero) is 1. The van der Waals surface area contributed by atoms with Gasteiger partial charge in [0.1, 0.15) is 5.41 Å². The third-order valence-corrected chi connectivity index (χ3v) is 11.8. The Kier molecular flexibility index (Phi) is 5.23. The molecule has 4 nitrogen and oxygen atoms in total. The molecule has 0 heterocycles. The summed E-state index contributed by atoms with van der Waals surface area (Å²) in [7, 11) is -2.75. The highest BCUT2D eigenvalue weighted by molar-refractivity contribution is 6.99. The minimum Gasteiger partial charge on any atom is -0.465 e. The molecule has 2 fully saturated rings. The minimum atomic E-state index is -2.75. The number of rotatable bonds is 6. The van der Waals surface area contributed by atoms with Crippen LogP contribution in [0.1, 0.15) is 40.5 Å². The van der Waals surface area contributed by atoms with Gasteiger partial charge in [0, 0.05) is 12.3 Å². The van der Waals surface area contributed by atoms with Gasteiger partial charge in [-0.1, -0.05) is 81.4 Å². The van der Waals surface area contributed by atoms with Crippen molar-refractivity contribution >= 4 is 30.4 Å². The molecule has 0 saturated heterocycles. The van der Waals surface area contributed by atoms with Crippen LogP contribution in [0.3, 0.4) is 0 Å². The summed E-state index contributed by atoms with van der Waals surface area (Å²) >= 11 is 0. The van der Waals surface area contributed by atoms with Gasteiger partial charge in [-0.2, -0.15) is 0 Å². The first-order valence-electron chi connectivity index (χ1n) is 10.8. The van der Waals surface area contributed by atoms with Crippen molar-refractivity contribution in [1.29, 1.82) is 0 Å². The Labute approximate surface area is 179 Å². The number of esters is 1. The Morgan fingerprint density at radius 3 is 2.00 bits per heavy atom. The number of carbonyl (C=O) groups is 2. The van der Waals surface area contributed by atoms with Gasteiger partial charge in [-0.3, -0.25) is 9.59 Å². The zero-order valence-electron chi connectivity index (χ0n) is 18.2. The number of ketones is 1. The second-order valence-corrected chi connectivity index (χ2v) is 13.7. The molecule has 0 spiro atoms. The highest BCUT2D eigenvalue weighted by Gasteiger charge is 2.74. The van der Waals surface area contributed by atoms with Gasteiger partial charge in [-0.15, -0.1) is 0 Å². The fraction of sp³-hybridized carbons (Fsp3) is 0.440. The lowest BCUT2D eigenvalue weighted by atomic mass is 10.0. The minimum absolute atomic E-state index is 0.0196. The molecule has 30 heavy (non-hydrogen) atoms. The molecule has 158 valence electrons. The van der Waals surface area contributed by atoms with Crippen molar-refractivity contribution in [3.8, 4) is 0 Å². The van der Waals surface area contributed by atoms with Crippen LogP contribution in [0.5, 0.6) is 0 Å². The summed E-state index contributed by atoms with van der Waals surface area (Å²) in [5.74, 6) is -0.465. The molecule has 0 unspecified atom stereocenters. The van der Waals surface area contributed by atoms with Crippen molar-refractivity contribution in [2.75, 3.05) is 6.61 Å². The predicted molar refractivity (Wildman–Crippen MR) is 119 cm³/mol. The van der Waals surface area contributed by atoms with E-state index in [4.69, 9.17) is 9.16 Å². The second kappa shape index (κ2) is 7.47. The molecule has 3 atom stereocenters. The van der Waals surface area contributed by atoms with E-state index in [1.807, 2.05) is 12.1 Å². The fourth-order valence-electron chi connectivity index (χ4n) is 5.22. The topological polar surface area (TPSA) is 52.6 Å². The average Bonchev–Trinajstić information content (AvgIpc) is 3.43. The Bertz CT molecular complexity index is 895. The first-order valence-corrected chi connectivity index (χ1v) is 12.7. The lowest BCUT2D eigenvalue weighted by Gasteiger charge is -2.44. The Balaban J connectivity index is 1.78. The molecule has 0 N–H and O–H groups in total. The molecule has 5 heteroatoms. The summed E-state index contributed by atoms with van der Waals surface area (Å²) in [6, 6.07) is 20.8. The summed E-state index contributed by atoms with van der Waals surface area (Å²) in [6.07, 6.45) is 0.579. The van der Waals surface area contributed by atoms with Gasteiger partial charge in [0.2, 0.25) is 0 Å². The lowest BCUT2D eigenvalue weighted by Crippen LogP contribution is -2.67. The van der Waals surface area contributed by atoms with Crippen LogP contribution in [0, 0.1) is 11.3 Å². The van der Waals surface area contributed by atoms with Crippen LogP contribution in [0.2, 0.25) is 5.04 Å². The van der Waals surface area contributed by atoms with Gasteiger partial charge in [0.25, 0.3) is 8.32 Å². The van der Waals surface area contributed by atoms with E-state index in [1.54, 1.807) is 6.92 Å². The summed E-state index contributed by atoms with van der Waals surface area (Å²) in [4.78, 5) is 25.5. The molecular weight excluding hydrogens is 392 g/mol. The van der Waals surface area contributed by atoms with Crippen molar-refractivity contribution in [2.45, 2.75) is 51.7 Å². The summed E-state index contributed by atoms with van der Waals surface area (Å²) in [5, 5.41) is 2.21. The maximum atomic E-state index is 12.9. The van der Waals surface area contributed by atoms with Gasteiger partial charge in [-0.25, -0.2) is 0 Å². The molecule has 2 aliphatic carbocycles. The van der Waals surface area contributed by atoms with E-state index in [-0.39, 0.29) is 35.2 Å². The highest BCUT2D eigenvalue weighted by atomic mass is 28.4. The van der Waals surface area contributed by atoms with Crippen LogP contribution in [-0.2, 0) is 18.8 Å². The summed E-state index contributed by atoms with van der Waals surface area (Å²) in [5.41, 5.74) is -0.966. The zero-order chi connectivity index (χ0) is 21.6. The molecule has 0 aromatic heterocycles. The van der Waals surface area contributed by atoms with Gasteiger partial charge in [0.15, 0.2) is 5.78 Å². The lowest BCUT2D eigenvalue weighted by molar-refractivity contribution is -0.153. The van der Waals surface area contributed by atoms with Crippen molar-refractivity contribution in [2.24, 2.45) is 11.3 Å². The van der Waals surface area contributed by atoms with E-state index < -0.39 is 13.7 Å². The molecule has 0 amide bonds. The van der Waals surface area contributed by atoms with E-state index in [1.165, 1.54) is 10.4 Å². The maximum absolute atomic E-state index is 12.9. The summed E-state index contributed by atoms with van der Waals surface area (Å²) in [6.45, 7) is 8.74. The van der Waals surface area contributed by atoms with Gasteiger partial charge in [0.05, 0.1) is 12.7 Å². The Morgan fingerprint density at radius 1 is 1.03 bits per heavy atom. The summed E-state index contributed by atoms with van der Waals surface area (Å²) < 4.78 is 12.4. The van der Waals surface area contributed by atoms with Crippen LogP contribution in [-0.4, -0.2) is 32.8 Å². The van der Waals surface area contributed by atoms with E-state index in [0.29, 0.717) is 13.0 Å². The largest absolute Gasteiger partial charge is 0.465 e. The van der Waals surface area contributed by atoms with Crippen molar-refractivity contribution in [3.63, 3.8) is 0 Å². The second-order valence-electron chi connectivity index (χ2n) is 9.45. The average molecular weight is 423 g/mol. The first kappa shape index (κ1) is 21.0. The molecule has 4 rings (SSSR count). The highest BCUT2D eigenvalue weighted by Crippen LogP contribution is 2.63. The quantitative estimate of drug-likeness (QED) is 0.406. The van der Waals surface area contributed by atoms with Crippen molar-refractivity contribution in [3.05, 3.63) is 60.7 Å². The number of hydrogen-bond donors (Lipinski definition) is 0. The SMILES string of the molecule is CCOC(=O)[C@@]12C[C@@H]1[C@H](O[Si](c1ccccc1)(c1ccccc1)C(C)(C)C)CC2=O. The molecule has 0 bridgehead atoms. The molecule has 0 aliphatic heterocycles. The number of benzene rings is 2. The monoisotopic (exact) mass is 422 g/mol. The molecule has 2 saturated carbocycles. The van der Waals surface area contributed by atoms with E-state index in [2.05, 4.69) is 69.3 Å². The van der Waals surface area contributed by atoms with Gasteiger partial charge in [-0.05, 0) is 28.8 Å². The van der Waals surface area contributed by atoms with E-state index in [9.17, 15) is 9.59 Å². The molecule has 2 aromatic carbocycles. The number of hydrogen-bond acceptors (Lipinski definition) is 4. The normalized spacial score (nSPS) is 25.7. The fourth-order valence-corrected chi connectivity index (χ4v) is 9.93. The van der Waals surface area contributed by atoms with E-state index in [0.717, 1.165) is 0 Å². The van der Waals surface area contributed by atoms with Gasteiger partial charge >= 0.3 is 5.97 Å². The molecule has 2 aromatic rings.